The molecule has 0 aromatic rings. The van der Waals surface area contributed by atoms with Gasteiger partial charge in [0.05, 0.1) is 0 Å². The van der Waals surface area contributed by atoms with E-state index in [1.807, 2.05) is 0 Å². The molecule has 1 aliphatic heterocycles. The summed E-state index contributed by atoms with van der Waals surface area (Å²) in [5.74, 6) is -4.39. The molecule has 0 bridgehead atoms. The SMILES string of the molecule is NC(=O)/C=C(/C(=O)O)N1CCN(/C(=C\C(N)=O)C(=O)O)CC1. The van der Waals surface area contributed by atoms with Crippen LogP contribution in [0.15, 0.2) is 23.5 Å². The summed E-state index contributed by atoms with van der Waals surface area (Å²) in [5.41, 5.74) is 9.39. The van der Waals surface area contributed by atoms with E-state index in [4.69, 9.17) is 21.7 Å². The van der Waals surface area contributed by atoms with Crippen LogP contribution in [0.2, 0.25) is 0 Å². The Morgan fingerprint density at radius 1 is 0.727 bits per heavy atom. The average Bonchev–Trinajstić information content (AvgIpc) is 2.41. The molecule has 0 unspecified atom stereocenters. The Morgan fingerprint density at radius 3 is 1.18 bits per heavy atom. The Hall–Kier alpha value is -3.04. The smallest absolute Gasteiger partial charge is 0.352 e. The molecule has 1 heterocycles. The third-order valence-electron chi connectivity index (χ3n) is 2.96. The lowest BCUT2D eigenvalue weighted by atomic mass is 10.2. The lowest BCUT2D eigenvalue weighted by molar-refractivity contribution is -0.136. The van der Waals surface area contributed by atoms with Crippen LogP contribution in [0.4, 0.5) is 0 Å². The van der Waals surface area contributed by atoms with Gasteiger partial charge in [-0.25, -0.2) is 9.59 Å². The highest BCUT2D eigenvalue weighted by molar-refractivity contribution is 5.97. The van der Waals surface area contributed by atoms with Crippen molar-refractivity contribution in [1.82, 2.24) is 9.80 Å². The van der Waals surface area contributed by atoms with Gasteiger partial charge in [0.1, 0.15) is 11.4 Å². The average molecular weight is 312 g/mol. The number of nitrogens with two attached hydrogens (primary N) is 2. The first-order valence-electron chi connectivity index (χ1n) is 6.21. The number of nitrogens with zero attached hydrogens (tertiary/aromatic N) is 2. The predicted molar refractivity (Wildman–Crippen MR) is 73.0 cm³/mol. The van der Waals surface area contributed by atoms with Crippen LogP contribution in [0.5, 0.6) is 0 Å². The Morgan fingerprint density at radius 2 is 1.00 bits per heavy atom. The number of carboxylic acid groups (broad SMARTS) is 2. The van der Waals surface area contributed by atoms with Crippen LogP contribution >= 0.6 is 0 Å². The van der Waals surface area contributed by atoms with Gasteiger partial charge < -0.3 is 31.5 Å². The number of primary amides is 2. The first kappa shape index (κ1) is 17.0. The predicted octanol–water partition coefficient (Wildman–Crippen LogP) is -2.49. The van der Waals surface area contributed by atoms with Gasteiger partial charge in [-0.3, -0.25) is 9.59 Å². The Balaban J connectivity index is 2.85. The lowest BCUT2D eigenvalue weighted by Crippen LogP contribution is -2.47. The molecule has 2 amide bonds. The van der Waals surface area contributed by atoms with Crippen LogP contribution < -0.4 is 11.5 Å². The fourth-order valence-electron chi connectivity index (χ4n) is 2.03. The summed E-state index contributed by atoms with van der Waals surface area (Å²) in [4.78, 5) is 46.7. The molecule has 0 spiro atoms. The van der Waals surface area contributed by atoms with Crippen molar-refractivity contribution in [1.29, 1.82) is 0 Å². The number of aliphatic carboxylic acids is 2. The van der Waals surface area contributed by atoms with E-state index in [9.17, 15) is 19.2 Å². The molecule has 0 aromatic carbocycles. The zero-order valence-corrected chi connectivity index (χ0v) is 11.6. The maximum absolute atomic E-state index is 11.1. The standard InChI is InChI=1S/C12H16N4O6/c13-9(17)5-7(11(19)20)15-1-2-16(4-3-15)8(12(21)22)6-10(14)18/h5-6H,1-4H2,(H2,13,17)(H2,14,18)(H,19,20)(H,21,22)/b7-5-,8-6-. The summed E-state index contributed by atoms with van der Waals surface area (Å²) in [6.45, 7) is 0.590. The molecular weight excluding hydrogens is 296 g/mol. The number of carboxylic acids is 2. The van der Waals surface area contributed by atoms with Crippen molar-refractivity contribution >= 4 is 23.8 Å². The highest BCUT2D eigenvalue weighted by Gasteiger charge is 2.26. The van der Waals surface area contributed by atoms with Gasteiger partial charge in [0.15, 0.2) is 0 Å². The Bertz CT molecular complexity index is 510. The van der Waals surface area contributed by atoms with E-state index in [2.05, 4.69) is 0 Å². The van der Waals surface area contributed by atoms with E-state index in [1.54, 1.807) is 0 Å². The quantitative estimate of drug-likeness (QED) is 0.391. The van der Waals surface area contributed by atoms with Crippen LogP contribution in [0.3, 0.4) is 0 Å². The minimum absolute atomic E-state index is 0.148. The number of carbonyl (C=O) groups is 4. The van der Waals surface area contributed by atoms with Gasteiger partial charge in [-0.2, -0.15) is 0 Å². The second-order valence-electron chi connectivity index (χ2n) is 4.45. The summed E-state index contributed by atoms with van der Waals surface area (Å²) >= 11 is 0. The molecule has 0 aliphatic carbocycles. The number of carbonyl (C=O) groups excluding carboxylic acids is 2. The van der Waals surface area contributed by atoms with Gasteiger partial charge >= 0.3 is 11.9 Å². The van der Waals surface area contributed by atoms with Gasteiger partial charge in [-0.15, -0.1) is 0 Å². The van der Waals surface area contributed by atoms with Crippen molar-refractivity contribution in [3.63, 3.8) is 0 Å². The fraction of sp³-hybridized carbons (Fsp3) is 0.333. The number of piperazine rings is 1. The third-order valence-corrected chi connectivity index (χ3v) is 2.96. The molecular formula is C12H16N4O6. The number of hydrogen-bond acceptors (Lipinski definition) is 6. The maximum atomic E-state index is 11.1. The molecule has 6 N–H and O–H groups in total. The zero-order valence-electron chi connectivity index (χ0n) is 11.6. The van der Waals surface area contributed by atoms with Crippen molar-refractivity contribution in [3.05, 3.63) is 23.5 Å². The number of amides is 2. The molecule has 0 radical (unpaired) electrons. The molecule has 0 atom stereocenters. The van der Waals surface area contributed by atoms with E-state index < -0.39 is 23.8 Å². The van der Waals surface area contributed by atoms with Crippen LogP contribution in [0, 0.1) is 0 Å². The molecule has 22 heavy (non-hydrogen) atoms. The molecule has 1 saturated heterocycles. The van der Waals surface area contributed by atoms with Crippen molar-refractivity contribution in [2.24, 2.45) is 11.5 Å². The van der Waals surface area contributed by atoms with E-state index in [0.29, 0.717) is 0 Å². The van der Waals surface area contributed by atoms with Crippen molar-refractivity contribution in [2.75, 3.05) is 26.2 Å². The minimum atomic E-state index is -1.31. The number of rotatable bonds is 6. The molecule has 1 fully saturated rings. The summed E-state index contributed by atoms with van der Waals surface area (Å²) in [6, 6.07) is 0. The second-order valence-corrected chi connectivity index (χ2v) is 4.45. The summed E-state index contributed by atoms with van der Waals surface area (Å²) in [5, 5.41) is 18.1. The van der Waals surface area contributed by atoms with Crippen LogP contribution in [0.25, 0.3) is 0 Å². The van der Waals surface area contributed by atoms with Gasteiger partial charge in [-0.05, 0) is 0 Å². The fourth-order valence-corrected chi connectivity index (χ4v) is 2.03. The number of hydrogen-bond donors (Lipinski definition) is 4. The second kappa shape index (κ2) is 7.11. The summed E-state index contributed by atoms with van der Waals surface area (Å²) in [6.07, 6.45) is 1.60. The van der Waals surface area contributed by atoms with Crippen molar-refractivity contribution in [3.8, 4) is 0 Å². The zero-order chi connectivity index (χ0) is 16.9. The summed E-state index contributed by atoms with van der Waals surface area (Å²) < 4.78 is 0. The molecule has 10 heteroatoms. The monoisotopic (exact) mass is 312 g/mol. The largest absolute Gasteiger partial charge is 0.477 e. The van der Waals surface area contributed by atoms with Crippen molar-refractivity contribution < 1.29 is 29.4 Å². The molecule has 0 saturated carbocycles. The molecule has 1 aliphatic rings. The molecule has 1 rings (SSSR count). The van der Waals surface area contributed by atoms with E-state index in [1.165, 1.54) is 9.80 Å². The molecule has 120 valence electrons. The van der Waals surface area contributed by atoms with Gasteiger partial charge in [0.2, 0.25) is 11.8 Å². The lowest BCUT2D eigenvalue weighted by Gasteiger charge is -2.37. The first-order chi connectivity index (χ1) is 10.2. The normalized spacial score (nSPS) is 16.4. The summed E-state index contributed by atoms with van der Waals surface area (Å²) in [7, 11) is 0. The van der Waals surface area contributed by atoms with Crippen LogP contribution in [-0.4, -0.2) is 69.9 Å². The minimum Gasteiger partial charge on any atom is -0.477 e. The highest BCUT2D eigenvalue weighted by atomic mass is 16.4. The van der Waals surface area contributed by atoms with E-state index >= 15 is 0 Å². The van der Waals surface area contributed by atoms with Gasteiger partial charge in [0.25, 0.3) is 0 Å². The Kier molecular flexibility index (Phi) is 5.50. The van der Waals surface area contributed by atoms with E-state index in [-0.39, 0.29) is 37.6 Å². The van der Waals surface area contributed by atoms with Crippen LogP contribution in [0.1, 0.15) is 0 Å². The maximum Gasteiger partial charge on any atom is 0.352 e. The van der Waals surface area contributed by atoms with Crippen molar-refractivity contribution in [2.45, 2.75) is 0 Å². The first-order valence-corrected chi connectivity index (χ1v) is 6.21. The molecule has 0 aromatic heterocycles. The third kappa shape index (κ3) is 4.51. The topological polar surface area (TPSA) is 167 Å². The molecule has 10 nitrogen and oxygen atoms in total. The van der Waals surface area contributed by atoms with Gasteiger partial charge in [0, 0.05) is 38.3 Å². The highest BCUT2D eigenvalue weighted by Crippen LogP contribution is 2.14. The Labute approximate surface area is 125 Å². The van der Waals surface area contributed by atoms with E-state index in [0.717, 1.165) is 12.2 Å². The van der Waals surface area contributed by atoms with Crippen LogP contribution in [-0.2, 0) is 19.2 Å². The van der Waals surface area contributed by atoms with Gasteiger partial charge in [-0.1, -0.05) is 0 Å².